The lowest BCUT2D eigenvalue weighted by molar-refractivity contribution is -0.0206. The first-order chi connectivity index (χ1) is 9.79. The van der Waals surface area contributed by atoms with Gasteiger partial charge in [-0.2, -0.15) is 0 Å². The van der Waals surface area contributed by atoms with Crippen LogP contribution in [-0.2, 0) is 16.0 Å². The van der Waals surface area contributed by atoms with Crippen LogP contribution in [0.2, 0.25) is 0 Å². The van der Waals surface area contributed by atoms with Gasteiger partial charge in [0.15, 0.2) is 0 Å². The van der Waals surface area contributed by atoms with Crippen molar-refractivity contribution in [3.63, 3.8) is 0 Å². The van der Waals surface area contributed by atoms with Crippen LogP contribution in [-0.4, -0.2) is 42.9 Å². The van der Waals surface area contributed by atoms with Crippen molar-refractivity contribution >= 4 is 0 Å². The van der Waals surface area contributed by atoms with Crippen molar-refractivity contribution in [1.82, 2.24) is 4.90 Å². The van der Waals surface area contributed by atoms with Gasteiger partial charge in [-0.15, -0.1) is 6.58 Å². The molecule has 1 aromatic rings. The second kappa shape index (κ2) is 6.08. The minimum Gasteiger partial charge on any atom is -0.373 e. The molecule has 2 aliphatic rings. The summed E-state index contributed by atoms with van der Waals surface area (Å²) in [6.07, 6.45) is 2.20. The Morgan fingerprint density at radius 1 is 1.40 bits per heavy atom. The monoisotopic (exact) mass is 273 g/mol. The molecule has 0 bridgehead atoms. The molecule has 0 spiro atoms. The van der Waals surface area contributed by atoms with Crippen LogP contribution in [0, 0.1) is 5.92 Å². The van der Waals surface area contributed by atoms with Crippen molar-refractivity contribution in [3.8, 4) is 0 Å². The summed E-state index contributed by atoms with van der Waals surface area (Å²) in [5.74, 6) is 0.570. The van der Waals surface area contributed by atoms with Crippen LogP contribution in [0.5, 0.6) is 0 Å². The fourth-order valence-electron chi connectivity index (χ4n) is 3.46. The van der Waals surface area contributed by atoms with Gasteiger partial charge >= 0.3 is 0 Å². The molecule has 2 heterocycles. The molecule has 4 atom stereocenters. The van der Waals surface area contributed by atoms with E-state index in [4.69, 9.17) is 9.47 Å². The van der Waals surface area contributed by atoms with Crippen molar-refractivity contribution < 1.29 is 9.47 Å². The Kier molecular flexibility index (Phi) is 4.20. The molecule has 2 fully saturated rings. The summed E-state index contributed by atoms with van der Waals surface area (Å²) in [7, 11) is 0. The second-order valence-electron chi connectivity index (χ2n) is 5.84. The summed E-state index contributed by atoms with van der Waals surface area (Å²) in [5, 5.41) is 0. The summed E-state index contributed by atoms with van der Waals surface area (Å²) in [5.41, 5.74) is 1.36. The van der Waals surface area contributed by atoms with E-state index in [9.17, 15) is 0 Å². The Bertz CT molecular complexity index is 448. The Labute approximate surface area is 121 Å². The third-order valence-electron chi connectivity index (χ3n) is 4.33. The molecule has 0 saturated carbocycles. The quantitative estimate of drug-likeness (QED) is 0.769. The highest BCUT2D eigenvalue weighted by Crippen LogP contribution is 2.35. The maximum absolute atomic E-state index is 5.97. The van der Waals surface area contributed by atoms with Gasteiger partial charge in [0, 0.05) is 19.1 Å². The van der Waals surface area contributed by atoms with E-state index < -0.39 is 0 Å². The first kappa shape index (κ1) is 13.8. The molecule has 108 valence electrons. The lowest BCUT2D eigenvalue weighted by Crippen LogP contribution is -2.36. The summed E-state index contributed by atoms with van der Waals surface area (Å²) in [6.45, 7) is 9.37. The van der Waals surface area contributed by atoms with E-state index in [1.54, 1.807) is 0 Å². The van der Waals surface area contributed by atoms with E-state index in [0.29, 0.717) is 18.6 Å². The zero-order valence-electron chi connectivity index (χ0n) is 12.1. The molecule has 0 aromatic heterocycles. The molecule has 0 unspecified atom stereocenters. The Hall–Kier alpha value is -1.16. The third kappa shape index (κ3) is 2.66. The van der Waals surface area contributed by atoms with Gasteiger partial charge in [0.25, 0.3) is 0 Å². The Balaban J connectivity index is 1.72. The van der Waals surface area contributed by atoms with Gasteiger partial charge in [-0.25, -0.2) is 0 Å². The molecule has 3 heteroatoms. The van der Waals surface area contributed by atoms with Crippen molar-refractivity contribution in [2.45, 2.75) is 31.7 Å². The van der Waals surface area contributed by atoms with Gasteiger partial charge in [0.05, 0.1) is 19.3 Å². The van der Waals surface area contributed by atoms with Gasteiger partial charge in [-0.3, -0.25) is 4.90 Å². The minimum absolute atomic E-state index is 0.173. The van der Waals surface area contributed by atoms with Crippen LogP contribution in [0.3, 0.4) is 0 Å². The molecule has 0 N–H and O–H groups in total. The second-order valence-corrected chi connectivity index (χ2v) is 5.84. The van der Waals surface area contributed by atoms with Crippen molar-refractivity contribution in [2.75, 3.05) is 19.8 Å². The fraction of sp³-hybridized carbons (Fsp3) is 0.529. The number of ether oxygens (including phenoxy) is 2. The van der Waals surface area contributed by atoms with E-state index in [1.165, 1.54) is 5.56 Å². The number of fused-ring (bicyclic) bond motifs is 1. The van der Waals surface area contributed by atoms with Gasteiger partial charge in [-0.1, -0.05) is 43.3 Å². The lowest BCUT2D eigenvalue weighted by atomic mass is 10.0. The summed E-state index contributed by atoms with van der Waals surface area (Å²) in [6, 6.07) is 11.1. The number of likely N-dealkylation sites (tertiary alicyclic amines) is 1. The Morgan fingerprint density at radius 2 is 2.20 bits per heavy atom. The van der Waals surface area contributed by atoms with Gasteiger partial charge in [-0.05, 0) is 11.5 Å². The highest BCUT2D eigenvalue weighted by atomic mass is 16.5. The number of nitrogens with zero attached hydrogens (tertiary/aromatic N) is 1. The van der Waals surface area contributed by atoms with Gasteiger partial charge < -0.3 is 9.47 Å². The molecule has 0 amide bonds. The van der Waals surface area contributed by atoms with Gasteiger partial charge in [0.2, 0.25) is 0 Å². The largest absolute Gasteiger partial charge is 0.373 e. The molecular formula is C17H23NO2. The molecule has 2 saturated heterocycles. The van der Waals surface area contributed by atoms with Crippen LogP contribution >= 0.6 is 0 Å². The van der Waals surface area contributed by atoms with Crippen LogP contribution in [0.4, 0.5) is 0 Å². The molecule has 0 aliphatic carbocycles. The molecule has 3 rings (SSSR count). The van der Waals surface area contributed by atoms with Crippen molar-refractivity contribution in [2.24, 2.45) is 5.92 Å². The first-order valence-electron chi connectivity index (χ1n) is 7.41. The molecule has 3 nitrogen and oxygen atoms in total. The van der Waals surface area contributed by atoms with Crippen molar-refractivity contribution in [3.05, 3.63) is 48.6 Å². The third-order valence-corrected chi connectivity index (χ3v) is 4.33. The van der Waals surface area contributed by atoms with E-state index in [1.807, 2.05) is 6.08 Å². The van der Waals surface area contributed by atoms with Gasteiger partial charge in [0.1, 0.15) is 6.10 Å². The zero-order chi connectivity index (χ0) is 13.9. The topological polar surface area (TPSA) is 21.7 Å². The molecule has 1 aromatic carbocycles. The number of hydrogen-bond donors (Lipinski definition) is 0. The fourth-order valence-corrected chi connectivity index (χ4v) is 3.46. The molecular weight excluding hydrogens is 250 g/mol. The average molecular weight is 273 g/mol. The first-order valence-corrected chi connectivity index (χ1v) is 7.41. The van der Waals surface area contributed by atoms with E-state index in [2.05, 4.69) is 48.7 Å². The Morgan fingerprint density at radius 3 is 2.95 bits per heavy atom. The maximum atomic E-state index is 5.97. The van der Waals surface area contributed by atoms with E-state index in [-0.39, 0.29) is 12.2 Å². The summed E-state index contributed by atoms with van der Waals surface area (Å²) < 4.78 is 11.9. The SMILES string of the molecule is C=CCO[C@H]1CN(Cc2ccccc2)[C@H]2[C@@H]1OC[C@H]2C. The number of rotatable bonds is 5. The predicted octanol–water partition coefficient (Wildman–Crippen LogP) is 2.48. The normalized spacial score (nSPS) is 33.2. The van der Waals surface area contributed by atoms with Crippen LogP contribution < -0.4 is 0 Å². The lowest BCUT2D eigenvalue weighted by Gasteiger charge is -2.25. The van der Waals surface area contributed by atoms with Crippen molar-refractivity contribution in [1.29, 1.82) is 0 Å². The van der Waals surface area contributed by atoms with Crippen LogP contribution in [0.25, 0.3) is 0 Å². The average Bonchev–Trinajstić information content (AvgIpc) is 3.00. The maximum Gasteiger partial charge on any atom is 0.101 e. The molecule has 20 heavy (non-hydrogen) atoms. The minimum atomic E-state index is 0.173. The van der Waals surface area contributed by atoms with Crippen LogP contribution in [0.15, 0.2) is 43.0 Å². The smallest absolute Gasteiger partial charge is 0.101 e. The standard InChI is InChI=1S/C17H23NO2/c1-3-9-19-15-11-18(10-14-7-5-4-6-8-14)16-13(2)12-20-17(15)16/h3-8,13,15-17H,1,9-12H2,2H3/t13-,15+,16-,17-/m1/s1. The van der Waals surface area contributed by atoms with E-state index >= 15 is 0 Å². The summed E-state index contributed by atoms with van der Waals surface area (Å²) in [4.78, 5) is 2.52. The highest BCUT2D eigenvalue weighted by molar-refractivity contribution is 5.16. The molecule has 2 aliphatic heterocycles. The van der Waals surface area contributed by atoms with Crippen LogP contribution in [0.1, 0.15) is 12.5 Å². The zero-order valence-corrected chi connectivity index (χ0v) is 12.1. The van der Waals surface area contributed by atoms with E-state index in [0.717, 1.165) is 19.7 Å². The number of benzene rings is 1. The molecule has 0 radical (unpaired) electrons. The number of hydrogen-bond acceptors (Lipinski definition) is 3. The predicted molar refractivity (Wildman–Crippen MR) is 79.5 cm³/mol. The highest BCUT2D eigenvalue weighted by Gasteiger charge is 2.49. The summed E-state index contributed by atoms with van der Waals surface area (Å²) >= 11 is 0.